The second-order valence-corrected chi connectivity index (χ2v) is 13.1. The zero-order valence-electron chi connectivity index (χ0n) is 22.6. The van der Waals surface area contributed by atoms with Gasteiger partial charge in [0, 0.05) is 10.4 Å². The van der Waals surface area contributed by atoms with Gasteiger partial charge in [-0.15, -0.1) is 6.58 Å². The summed E-state index contributed by atoms with van der Waals surface area (Å²) >= 11 is 3.58. The van der Waals surface area contributed by atoms with E-state index in [1.165, 1.54) is 9.31 Å². The zero-order valence-corrected chi connectivity index (χ0v) is 25.0. The molecule has 2 aliphatic heterocycles. The van der Waals surface area contributed by atoms with Crippen LogP contribution in [0.2, 0.25) is 0 Å². The summed E-state index contributed by atoms with van der Waals surface area (Å²) in [6, 6.07) is 29.9. The normalized spacial score (nSPS) is 22.0. The van der Waals surface area contributed by atoms with E-state index >= 15 is 0 Å². The van der Waals surface area contributed by atoms with E-state index in [0.717, 1.165) is 10.0 Å². The van der Waals surface area contributed by atoms with Gasteiger partial charge in [0.25, 0.3) is 15.9 Å². The van der Waals surface area contributed by atoms with Crippen LogP contribution in [0.1, 0.15) is 35.6 Å². The summed E-state index contributed by atoms with van der Waals surface area (Å²) in [5.74, 6) is -0.869. The number of fused-ring (bicyclic) bond motifs is 1. The number of hydrogen-bond acceptors (Lipinski definition) is 4. The molecule has 1 amide bonds. The number of carbonyl (C=O) groups is 1. The molecule has 1 unspecified atom stereocenters. The minimum Gasteiger partial charge on any atom is -0.271 e. The molecule has 4 aromatic rings. The molecular formula is C33H28BrN3O3S. The van der Waals surface area contributed by atoms with Crippen molar-refractivity contribution in [2.45, 2.75) is 30.7 Å². The maximum absolute atomic E-state index is 14.9. The van der Waals surface area contributed by atoms with Crippen molar-refractivity contribution in [3.8, 4) is 0 Å². The van der Waals surface area contributed by atoms with Gasteiger partial charge in [0.15, 0.2) is 0 Å². The minimum absolute atomic E-state index is 0.144. The first-order chi connectivity index (χ1) is 19.7. The molecule has 8 heteroatoms. The fraction of sp³-hybridized carbons (Fsp3) is 0.152. The molecular weight excluding hydrogens is 598 g/mol. The average molecular weight is 627 g/mol. The summed E-state index contributed by atoms with van der Waals surface area (Å²) in [7, 11) is -4.17. The minimum atomic E-state index is -4.17. The van der Waals surface area contributed by atoms with Gasteiger partial charge in [0.2, 0.25) is 0 Å². The van der Waals surface area contributed by atoms with Gasteiger partial charge in [-0.1, -0.05) is 88.2 Å². The number of halogens is 1. The first kappa shape index (κ1) is 27.2. The summed E-state index contributed by atoms with van der Waals surface area (Å²) in [6.45, 7) is 7.89. The average Bonchev–Trinajstić information content (AvgIpc) is 3.23. The molecule has 0 fully saturated rings. The Balaban J connectivity index is 1.71. The van der Waals surface area contributed by atoms with E-state index in [9.17, 15) is 13.2 Å². The predicted molar refractivity (Wildman–Crippen MR) is 167 cm³/mol. The second kappa shape index (κ2) is 10.1. The van der Waals surface area contributed by atoms with Crippen LogP contribution in [0.15, 0.2) is 130 Å². The van der Waals surface area contributed by atoms with Crippen LogP contribution < -0.4 is 9.31 Å². The van der Waals surface area contributed by atoms with Crippen molar-refractivity contribution in [3.05, 3.63) is 137 Å². The van der Waals surface area contributed by atoms with E-state index in [1.54, 1.807) is 36.4 Å². The molecule has 4 aromatic carbocycles. The van der Waals surface area contributed by atoms with E-state index in [-0.39, 0.29) is 10.8 Å². The first-order valence-corrected chi connectivity index (χ1v) is 15.5. The summed E-state index contributed by atoms with van der Waals surface area (Å²) in [4.78, 5) is 15.1. The van der Waals surface area contributed by atoms with Gasteiger partial charge in [-0.05, 0) is 67.4 Å². The molecule has 1 spiro atoms. The van der Waals surface area contributed by atoms with E-state index < -0.39 is 27.4 Å². The fourth-order valence-corrected chi connectivity index (χ4v) is 8.31. The molecule has 6 rings (SSSR count). The number of carbonyl (C=O) groups excluding carboxylic acids is 1. The van der Waals surface area contributed by atoms with E-state index in [2.05, 4.69) is 22.5 Å². The Morgan fingerprint density at radius 3 is 2.27 bits per heavy atom. The van der Waals surface area contributed by atoms with Gasteiger partial charge in [-0.2, -0.15) is 10.1 Å². The van der Waals surface area contributed by atoms with Crippen molar-refractivity contribution in [2.24, 2.45) is 10.5 Å². The van der Waals surface area contributed by atoms with Crippen molar-refractivity contribution in [1.29, 1.82) is 0 Å². The van der Waals surface area contributed by atoms with Gasteiger partial charge in [0.1, 0.15) is 5.41 Å². The second-order valence-electron chi connectivity index (χ2n) is 10.4. The summed E-state index contributed by atoms with van der Waals surface area (Å²) < 4.78 is 31.7. The summed E-state index contributed by atoms with van der Waals surface area (Å²) in [5.41, 5.74) is 2.52. The molecule has 6 nitrogen and oxygen atoms in total. The molecule has 0 saturated carbocycles. The third-order valence-corrected chi connectivity index (χ3v) is 10.3. The lowest BCUT2D eigenvalue weighted by Gasteiger charge is -2.51. The number of hydrogen-bond donors (Lipinski definition) is 0. The highest BCUT2D eigenvalue weighted by Gasteiger charge is 2.65. The van der Waals surface area contributed by atoms with Gasteiger partial charge >= 0.3 is 0 Å². The number of sulfonamides is 1. The van der Waals surface area contributed by atoms with Crippen molar-refractivity contribution >= 4 is 48.9 Å². The van der Waals surface area contributed by atoms with Crippen LogP contribution in [-0.4, -0.2) is 20.0 Å². The van der Waals surface area contributed by atoms with Gasteiger partial charge in [-0.25, -0.2) is 8.42 Å². The quantitative estimate of drug-likeness (QED) is 0.217. The van der Waals surface area contributed by atoms with Crippen LogP contribution >= 0.6 is 15.9 Å². The molecule has 0 bridgehead atoms. The Hall–Kier alpha value is -4.01. The molecule has 0 aromatic heterocycles. The van der Waals surface area contributed by atoms with Crippen LogP contribution in [0.3, 0.4) is 0 Å². The molecule has 0 N–H and O–H groups in total. The number of aryl methyl sites for hydroxylation is 1. The number of anilines is 2. The van der Waals surface area contributed by atoms with Crippen LogP contribution in [0.5, 0.6) is 0 Å². The van der Waals surface area contributed by atoms with E-state index in [1.807, 2.05) is 86.6 Å². The standard InChI is InChI=1S/C33H28BrN3O3S/c1-4-29-28-15-8-9-16-30(28)37(41(39,40)27-19-17-22(2)18-20-27)31(24-11-10-12-25(34)21-24)33(29)23(3)35-36(32(33)38)26-13-6-5-7-14-26/h4-21,29,31H,1H2,2-3H3/t29-,31-,33?/m1/s1. The van der Waals surface area contributed by atoms with Crippen LogP contribution in [0.25, 0.3) is 0 Å². The van der Waals surface area contributed by atoms with Crippen molar-refractivity contribution in [1.82, 2.24) is 0 Å². The predicted octanol–water partition coefficient (Wildman–Crippen LogP) is 7.39. The number of rotatable bonds is 5. The molecule has 0 radical (unpaired) electrons. The van der Waals surface area contributed by atoms with Gasteiger partial charge < -0.3 is 0 Å². The first-order valence-electron chi connectivity index (χ1n) is 13.2. The van der Waals surface area contributed by atoms with Crippen molar-refractivity contribution < 1.29 is 13.2 Å². The molecule has 2 heterocycles. The van der Waals surface area contributed by atoms with Crippen molar-refractivity contribution in [2.75, 3.05) is 9.31 Å². The summed E-state index contributed by atoms with van der Waals surface area (Å²) in [6.07, 6.45) is 1.76. The van der Waals surface area contributed by atoms with Gasteiger partial charge in [-0.3, -0.25) is 9.10 Å². The largest absolute Gasteiger partial charge is 0.271 e. The lowest BCUT2D eigenvalue weighted by Crippen LogP contribution is -2.57. The maximum atomic E-state index is 14.9. The lowest BCUT2D eigenvalue weighted by atomic mass is 9.60. The SMILES string of the molecule is C=C[C@@H]1c2ccccc2N(S(=O)(=O)c2ccc(C)cc2)[C@H](c2cccc(Br)c2)C12C(=O)N(c1ccccc1)N=C2C. The lowest BCUT2D eigenvalue weighted by molar-refractivity contribution is -0.125. The summed E-state index contributed by atoms with van der Waals surface area (Å²) in [5, 5.41) is 6.21. The third kappa shape index (κ3) is 4.08. The zero-order chi connectivity index (χ0) is 28.9. The Morgan fingerprint density at radius 1 is 0.902 bits per heavy atom. The smallest absolute Gasteiger partial charge is 0.264 e. The fourth-order valence-electron chi connectivity index (χ4n) is 6.20. The van der Waals surface area contributed by atoms with Crippen LogP contribution in [0.4, 0.5) is 11.4 Å². The molecule has 3 atom stereocenters. The van der Waals surface area contributed by atoms with E-state index in [4.69, 9.17) is 5.10 Å². The Labute approximate surface area is 248 Å². The monoisotopic (exact) mass is 625 g/mol. The molecule has 206 valence electrons. The number of amides is 1. The highest BCUT2D eigenvalue weighted by molar-refractivity contribution is 9.10. The topological polar surface area (TPSA) is 70.1 Å². The van der Waals surface area contributed by atoms with Crippen molar-refractivity contribution in [3.63, 3.8) is 0 Å². The Bertz CT molecular complexity index is 1810. The highest BCUT2D eigenvalue weighted by Crippen LogP contribution is 2.61. The van der Waals surface area contributed by atoms with Crippen LogP contribution in [-0.2, 0) is 14.8 Å². The third-order valence-electron chi connectivity index (χ3n) is 8.04. The van der Waals surface area contributed by atoms with Crippen LogP contribution in [0, 0.1) is 12.3 Å². The molecule has 0 aliphatic carbocycles. The Morgan fingerprint density at radius 2 is 1.59 bits per heavy atom. The number of allylic oxidation sites excluding steroid dienone is 1. The number of benzene rings is 4. The highest BCUT2D eigenvalue weighted by atomic mass is 79.9. The molecule has 41 heavy (non-hydrogen) atoms. The molecule has 2 aliphatic rings. The Kier molecular flexibility index (Phi) is 6.71. The maximum Gasteiger partial charge on any atom is 0.264 e. The van der Waals surface area contributed by atoms with Gasteiger partial charge in [0.05, 0.1) is 28.0 Å². The number of hydrazone groups is 1. The molecule has 0 saturated heterocycles. The number of nitrogens with zero attached hydrogens (tertiary/aromatic N) is 3. The number of para-hydroxylation sites is 2. The van der Waals surface area contributed by atoms with E-state index in [0.29, 0.717) is 28.2 Å².